The van der Waals surface area contributed by atoms with Crippen molar-refractivity contribution in [1.82, 2.24) is 0 Å². The molecule has 0 saturated heterocycles. The molecule has 0 rings (SSSR count). The highest BCUT2D eigenvalue weighted by molar-refractivity contribution is 5.77. The number of hydrogen-bond acceptors (Lipinski definition) is 1. The quantitative estimate of drug-likeness (QED) is 0.441. The van der Waals surface area contributed by atoms with E-state index in [9.17, 15) is 4.79 Å². The van der Waals surface area contributed by atoms with E-state index < -0.39 is 5.97 Å². The van der Waals surface area contributed by atoms with Crippen LogP contribution < -0.4 is 0 Å². The normalized spacial score (nSPS) is 11.7. The van der Waals surface area contributed by atoms with Crippen LogP contribution in [0.3, 0.4) is 0 Å². The first-order valence-electron chi connectivity index (χ1n) is 8.07. The number of aliphatic carboxylic acids is 1. The van der Waals surface area contributed by atoms with E-state index in [0.29, 0.717) is 0 Å². The van der Waals surface area contributed by atoms with Crippen LogP contribution in [0.1, 0.15) is 91.4 Å². The van der Waals surface area contributed by atoms with Crippen molar-refractivity contribution in [3.05, 3.63) is 6.42 Å². The largest absolute Gasteiger partial charge is 0.481 e. The van der Waals surface area contributed by atoms with Gasteiger partial charge < -0.3 is 5.11 Å². The third-order valence-corrected chi connectivity index (χ3v) is 3.69. The van der Waals surface area contributed by atoms with Crippen LogP contribution in [0.2, 0.25) is 0 Å². The minimum Gasteiger partial charge on any atom is -0.481 e. The van der Waals surface area contributed by atoms with Crippen LogP contribution in [-0.4, -0.2) is 11.1 Å². The molecule has 0 aliphatic carbocycles. The monoisotopic (exact) mass is 269 g/mol. The second-order valence-electron chi connectivity index (χ2n) is 6.40. The standard InChI is InChI=1S/C17H33O2/c1-4-5-6-7-8-9-10-11-12-13-14-17(2,3)15-16(18)19/h15H,4-14H2,1-3H3,(H,18,19). The third kappa shape index (κ3) is 13.7. The molecule has 0 spiro atoms. The van der Waals surface area contributed by atoms with Gasteiger partial charge in [0.2, 0.25) is 0 Å². The summed E-state index contributed by atoms with van der Waals surface area (Å²) in [7, 11) is 0. The van der Waals surface area contributed by atoms with Gasteiger partial charge in [0.25, 0.3) is 0 Å². The summed E-state index contributed by atoms with van der Waals surface area (Å²) < 4.78 is 0. The lowest BCUT2D eigenvalue weighted by molar-refractivity contribution is -0.134. The number of carboxylic acids is 1. The average molecular weight is 269 g/mol. The Hall–Kier alpha value is -0.530. The molecule has 1 radical (unpaired) electrons. The van der Waals surface area contributed by atoms with Gasteiger partial charge in [0.15, 0.2) is 0 Å². The summed E-state index contributed by atoms with van der Waals surface area (Å²) in [4.78, 5) is 10.6. The molecule has 2 nitrogen and oxygen atoms in total. The predicted octanol–water partition coefficient (Wildman–Crippen LogP) is 5.61. The van der Waals surface area contributed by atoms with Gasteiger partial charge in [-0.3, -0.25) is 4.79 Å². The number of hydrogen-bond donors (Lipinski definition) is 1. The van der Waals surface area contributed by atoms with Gasteiger partial charge in [0.1, 0.15) is 0 Å². The Morgan fingerprint density at radius 2 is 1.32 bits per heavy atom. The molecule has 0 amide bonds. The van der Waals surface area contributed by atoms with Crippen LogP contribution in [-0.2, 0) is 4.79 Å². The Labute approximate surface area is 120 Å². The Bertz CT molecular complexity index is 221. The van der Waals surface area contributed by atoms with Gasteiger partial charge in [0.05, 0.1) is 6.42 Å². The van der Waals surface area contributed by atoms with Gasteiger partial charge in [-0.15, -0.1) is 0 Å². The van der Waals surface area contributed by atoms with Crippen molar-refractivity contribution in [2.24, 2.45) is 5.41 Å². The lowest BCUT2D eigenvalue weighted by Gasteiger charge is -2.21. The first-order chi connectivity index (χ1) is 8.98. The van der Waals surface area contributed by atoms with Crippen molar-refractivity contribution in [3.63, 3.8) is 0 Å². The van der Waals surface area contributed by atoms with E-state index >= 15 is 0 Å². The van der Waals surface area contributed by atoms with E-state index in [2.05, 4.69) is 6.92 Å². The van der Waals surface area contributed by atoms with Gasteiger partial charge in [0, 0.05) is 0 Å². The van der Waals surface area contributed by atoms with Gasteiger partial charge in [-0.25, -0.2) is 0 Å². The van der Waals surface area contributed by atoms with Crippen LogP contribution >= 0.6 is 0 Å². The highest BCUT2D eigenvalue weighted by Gasteiger charge is 2.21. The fourth-order valence-corrected chi connectivity index (χ4v) is 2.47. The number of rotatable bonds is 13. The number of carboxylic acid groups (broad SMARTS) is 1. The zero-order chi connectivity index (χ0) is 14.6. The molecule has 0 aliphatic rings. The van der Waals surface area contributed by atoms with Gasteiger partial charge in [-0.1, -0.05) is 85.0 Å². The van der Waals surface area contributed by atoms with Crippen molar-refractivity contribution in [3.8, 4) is 0 Å². The SMILES string of the molecule is CCCCCCCCCCCCC(C)(C)[CH]C(=O)O. The lowest BCUT2D eigenvalue weighted by atomic mass is 9.83. The summed E-state index contributed by atoms with van der Waals surface area (Å²) in [5.74, 6) is -0.794. The average Bonchev–Trinajstić information content (AvgIpc) is 2.30. The van der Waals surface area contributed by atoms with E-state index in [1.807, 2.05) is 13.8 Å². The van der Waals surface area contributed by atoms with E-state index in [1.54, 1.807) is 0 Å². The van der Waals surface area contributed by atoms with E-state index in [1.165, 1.54) is 64.2 Å². The Morgan fingerprint density at radius 1 is 0.895 bits per heavy atom. The molecular formula is C17H33O2. The van der Waals surface area contributed by atoms with Gasteiger partial charge in [-0.2, -0.15) is 0 Å². The third-order valence-electron chi connectivity index (χ3n) is 3.69. The number of unbranched alkanes of at least 4 members (excludes halogenated alkanes) is 9. The Balaban J connectivity index is 3.28. The van der Waals surface area contributed by atoms with Crippen LogP contribution in [0.5, 0.6) is 0 Å². The second kappa shape index (κ2) is 11.3. The predicted molar refractivity (Wildman–Crippen MR) is 82.2 cm³/mol. The molecule has 0 aromatic rings. The van der Waals surface area contributed by atoms with Crippen molar-refractivity contribution in [2.45, 2.75) is 91.4 Å². The molecule has 0 atom stereocenters. The Morgan fingerprint density at radius 3 is 1.74 bits per heavy atom. The first-order valence-corrected chi connectivity index (χ1v) is 8.07. The summed E-state index contributed by atoms with van der Waals surface area (Å²) in [6.45, 7) is 6.27. The van der Waals surface area contributed by atoms with E-state index in [-0.39, 0.29) is 5.41 Å². The maximum absolute atomic E-state index is 10.6. The lowest BCUT2D eigenvalue weighted by Crippen LogP contribution is -2.17. The topological polar surface area (TPSA) is 37.3 Å². The molecule has 2 heteroatoms. The zero-order valence-corrected chi connectivity index (χ0v) is 13.2. The van der Waals surface area contributed by atoms with Gasteiger partial charge in [-0.05, 0) is 11.8 Å². The fourth-order valence-electron chi connectivity index (χ4n) is 2.47. The van der Waals surface area contributed by atoms with Crippen LogP contribution in [0.4, 0.5) is 0 Å². The molecule has 0 saturated carbocycles. The molecule has 1 N–H and O–H groups in total. The summed E-state index contributed by atoms with van der Waals surface area (Å²) in [6, 6.07) is 0. The summed E-state index contributed by atoms with van der Waals surface area (Å²) in [5.41, 5.74) is -0.161. The summed E-state index contributed by atoms with van der Waals surface area (Å²) >= 11 is 0. The summed E-state index contributed by atoms with van der Waals surface area (Å²) in [6.07, 6.45) is 15.7. The first kappa shape index (κ1) is 18.5. The van der Waals surface area contributed by atoms with Crippen LogP contribution in [0.15, 0.2) is 0 Å². The maximum Gasteiger partial charge on any atom is 0.307 e. The molecule has 0 aliphatic heterocycles. The summed E-state index contributed by atoms with van der Waals surface area (Å²) in [5, 5.41) is 8.75. The molecular weight excluding hydrogens is 236 g/mol. The van der Waals surface area contributed by atoms with Crippen LogP contribution in [0.25, 0.3) is 0 Å². The van der Waals surface area contributed by atoms with Crippen molar-refractivity contribution < 1.29 is 9.90 Å². The van der Waals surface area contributed by atoms with E-state index in [4.69, 9.17) is 5.11 Å². The molecule has 19 heavy (non-hydrogen) atoms. The Kier molecular flexibility index (Phi) is 11.0. The molecule has 0 heterocycles. The van der Waals surface area contributed by atoms with Crippen LogP contribution in [0, 0.1) is 11.8 Å². The van der Waals surface area contributed by atoms with Crippen molar-refractivity contribution in [2.75, 3.05) is 0 Å². The van der Waals surface area contributed by atoms with Crippen molar-refractivity contribution in [1.29, 1.82) is 0 Å². The number of carbonyl (C=O) groups is 1. The van der Waals surface area contributed by atoms with Crippen molar-refractivity contribution >= 4 is 5.97 Å². The highest BCUT2D eigenvalue weighted by Crippen LogP contribution is 2.27. The highest BCUT2D eigenvalue weighted by atomic mass is 16.4. The molecule has 0 unspecified atom stereocenters. The second-order valence-corrected chi connectivity index (χ2v) is 6.40. The zero-order valence-electron chi connectivity index (χ0n) is 13.2. The minimum absolute atomic E-state index is 0.161. The minimum atomic E-state index is -0.794. The molecule has 113 valence electrons. The fraction of sp³-hybridized carbons (Fsp3) is 0.882. The van der Waals surface area contributed by atoms with Gasteiger partial charge >= 0.3 is 5.97 Å². The molecule has 0 bridgehead atoms. The molecule has 0 fully saturated rings. The van der Waals surface area contributed by atoms with E-state index in [0.717, 1.165) is 12.8 Å². The molecule has 0 aromatic carbocycles. The molecule has 0 aromatic heterocycles. The maximum atomic E-state index is 10.6. The smallest absolute Gasteiger partial charge is 0.307 e.